The lowest BCUT2D eigenvalue weighted by atomic mass is 10.1. The van der Waals surface area contributed by atoms with Gasteiger partial charge >= 0.3 is 0 Å². The van der Waals surface area contributed by atoms with E-state index in [1.54, 1.807) is 0 Å². The van der Waals surface area contributed by atoms with E-state index in [0.717, 1.165) is 40.5 Å². The summed E-state index contributed by atoms with van der Waals surface area (Å²) in [5.41, 5.74) is 5.91. The highest BCUT2D eigenvalue weighted by Gasteiger charge is 2.14. The third-order valence-electron chi connectivity index (χ3n) is 3.74. The van der Waals surface area contributed by atoms with E-state index in [0.29, 0.717) is 19.0 Å². The summed E-state index contributed by atoms with van der Waals surface area (Å²) in [6.07, 6.45) is 0. The molecule has 126 valence electrons. The molecule has 1 fully saturated rings. The van der Waals surface area contributed by atoms with E-state index in [-0.39, 0.29) is 0 Å². The Kier molecular flexibility index (Phi) is 5.42. The van der Waals surface area contributed by atoms with Crippen molar-refractivity contribution in [2.45, 2.75) is 13.8 Å². The molecular formula is C17H20BrN5O. The van der Waals surface area contributed by atoms with Crippen molar-refractivity contribution in [2.24, 2.45) is 5.10 Å². The summed E-state index contributed by atoms with van der Waals surface area (Å²) >= 11 is 3.44. The molecule has 0 bridgehead atoms. The Morgan fingerprint density at radius 1 is 1.21 bits per heavy atom. The average Bonchev–Trinajstić information content (AvgIpc) is 2.60. The molecule has 0 atom stereocenters. The van der Waals surface area contributed by atoms with Gasteiger partial charge < -0.3 is 9.64 Å². The second kappa shape index (κ2) is 7.72. The zero-order chi connectivity index (χ0) is 16.9. The highest BCUT2D eigenvalue weighted by Crippen LogP contribution is 2.16. The van der Waals surface area contributed by atoms with Crippen LogP contribution in [-0.2, 0) is 4.74 Å². The number of rotatable bonds is 4. The topological polar surface area (TPSA) is 62.6 Å². The van der Waals surface area contributed by atoms with Crippen molar-refractivity contribution in [3.63, 3.8) is 0 Å². The highest BCUT2D eigenvalue weighted by atomic mass is 79.9. The van der Waals surface area contributed by atoms with E-state index in [1.165, 1.54) is 0 Å². The number of nitrogens with zero attached hydrogens (tertiary/aromatic N) is 4. The van der Waals surface area contributed by atoms with Gasteiger partial charge in [0, 0.05) is 29.3 Å². The lowest BCUT2D eigenvalue weighted by molar-refractivity contribution is 0.122. The van der Waals surface area contributed by atoms with E-state index in [9.17, 15) is 0 Å². The van der Waals surface area contributed by atoms with Crippen LogP contribution >= 0.6 is 15.9 Å². The van der Waals surface area contributed by atoms with Gasteiger partial charge in [0.05, 0.1) is 18.9 Å². The van der Waals surface area contributed by atoms with E-state index >= 15 is 0 Å². The largest absolute Gasteiger partial charge is 0.378 e. The average molecular weight is 390 g/mol. The maximum absolute atomic E-state index is 5.38. The first-order valence-corrected chi connectivity index (χ1v) is 8.66. The van der Waals surface area contributed by atoms with Crippen LogP contribution in [0.2, 0.25) is 0 Å². The maximum Gasteiger partial charge on any atom is 0.227 e. The molecule has 0 radical (unpaired) electrons. The number of benzene rings is 1. The summed E-state index contributed by atoms with van der Waals surface area (Å²) in [4.78, 5) is 11.2. The normalized spacial score (nSPS) is 15.5. The molecule has 1 saturated heterocycles. The lowest BCUT2D eigenvalue weighted by Gasteiger charge is -2.27. The Bertz CT molecular complexity index is 726. The van der Waals surface area contributed by atoms with Gasteiger partial charge in [-0.05, 0) is 31.5 Å². The fraction of sp³-hybridized carbons (Fsp3) is 0.353. The number of anilines is 2. The predicted octanol–water partition coefficient (Wildman–Crippen LogP) is 3.22. The Morgan fingerprint density at radius 2 is 1.92 bits per heavy atom. The Balaban J connectivity index is 1.75. The molecule has 1 aliphatic heterocycles. The standard InChI is InChI=1S/C17H20BrN5O/c1-12-11-16(20-17(19-12)23-7-9-24-10-8-23)22-21-13(2)14-3-5-15(18)6-4-14/h3-6,11H,7-10H2,1-2H3,(H,19,20,22). The van der Waals surface area contributed by atoms with Gasteiger partial charge in [0.15, 0.2) is 5.82 Å². The van der Waals surface area contributed by atoms with E-state index in [1.807, 2.05) is 44.2 Å². The molecule has 24 heavy (non-hydrogen) atoms. The van der Waals surface area contributed by atoms with E-state index < -0.39 is 0 Å². The molecule has 6 nitrogen and oxygen atoms in total. The van der Waals surface area contributed by atoms with Gasteiger partial charge in [0.25, 0.3) is 0 Å². The Morgan fingerprint density at radius 3 is 2.62 bits per heavy atom. The quantitative estimate of drug-likeness (QED) is 0.642. The van der Waals surface area contributed by atoms with Crippen molar-refractivity contribution in [1.29, 1.82) is 0 Å². The minimum absolute atomic E-state index is 0.695. The molecule has 0 saturated carbocycles. The third kappa shape index (κ3) is 4.30. The first-order valence-electron chi connectivity index (χ1n) is 7.86. The second-order valence-electron chi connectivity index (χ2n) is 5.61. The molecule has 7 heteroatoms. The fourth-order valence-electron chi connectivity index (χ4n) is 2.41. The minimum atomic E-state index is 0.695. The summed E-state index contributed by atoms with van der Waals surface area (Å²) in [5.74, 6) is 1.41. The van der Waals surface area contributed by atoms with Crippen LogP contribution in [0.3, 0.4) is 0 Å². The van der Waals surface area contributed by atoms with Crippen molar-refractivity contribution in [2.75, 3.05) is 36.6 Å². The van der Waals surface area contributed by atoms with Crippen molar-refractivity contribution >= 4 is 33.4 Å². The van der Waals surface area contributed by atoms with Crippen molar-refractivity contribution in [1.82, 2.24) is 9.97 Å². The van der Waals surface area contributed by atoms with Crippen LogP contribution in [-0.4, -0.2) is 42.0 Å². The summed E-state index contributed by atoms with van der Waals surface area (Å²) in [6, 6.07) is 9.94. The van der Waals surface area contributed by atoms with Crippen LogP contribution in [0.4, 0.5) is 11.8 Å². The fourth-order valence-corrected chi connectivity index (χ4v) is 2.68. The minimum Gasteiger partial charge on any atom is -0.378 e. The summed E-state index contributed by atoms with van der Waals surface area (Å²) < 4.78 is 6.43. The number of aromatic nitrogens is 2. The molecule has 1 aromatic heterocycles. The smallest absolute Gasteiger partial charge is 0.227 e. The number of ether oxygens (including phenoxy) is 1. The number of hydrogen-bond acceptors (Lipinski definition) is 6. The number of halogens is 1. The molecule has 0 unspecified atom stereocenters. The first-order chi connectivity index (χ1) is 11.6. The molecular weight excluding hydrogens is 370 g/mol. The maximum atomic E-state index is 5.38. The van der Waals surface area contributed by atoms with Crippen LogP contribution in [0.1, 0.15) is 18.2 Å². The number of nitrogens with one attached hydrogen (secondary N) is 1. The first kappa shape index (κ1) is 16.9. The van der Waals surface area contributed by atoms with Gasteiger partial charge in [-0.3, -0.25) is 5.43 Å². The molecule has 0 amide bonds. The second-order valence-corrected chi connectivity index (χ2v) is 6.53. The number of morpholine rings is 1. The monoisotopic (exact) mass is 389 g/mol. The molecule has 0 spiro atoms. The van der Waals surface area contributed by atoms with Crippen LogP contribution < -0.4 is 10.3 Å². The molecule has 2 aromatic rings. The van der Waals surface area contributed by atoms with Gasteiger partial charge in [0.2, 0.25) is 5.95 Å². The van der Waals surface area contributed by atoms with Crippen molar-refractivity contribution in [3.8, 4) is 0 Å². The zero-order valence-electron chi connectivity index (χ0n) is 13.8. The van der Waals surface area contributed by atoms with Crippen molar-refractivity contribution in [3.05, 3.63) is 46.1 Å². The Labute approximate surface area is 150 Å². The summed E-state index contributed by atoms with van der Waals surface area (Å²) in [5, 5.41) is 4.44. The SMILES string of the molecule is CC(=NNc1cc(C)nc(N2CCOCC2)n1)c1ccc(Br)cc1. The van der Waals surface area contributed by atoms with E-state index in [2.05, 4.69) is 41.3 Å². The van der Waals surface area contributed by atoms with Gasteiger partial charge in [-0.1, -0.05) is 28.1 Å². The molecule has 3 rings (SSSR count). The predicted molar refractivity (Wildman–Crippen MR) is 99.8 cm³/mol. The number of hydrazone groups is 1. The zero-order valence-corrected chi connectivity index (χ0v) is 15.4. The molecule has 2 heterocycles. The Hall–Kier alpha value is -1.99. The summed E-state index contributed by atoms with van der Waals surface area (Å²) in [7, 11) is 0. The van der Waals surface area contributed by atoms with Gasteiger partial charge in [-0.25, -0.2) is 4.98 Å². The highest BCUT2D eigenvalue weighted by molar-refractivity contribution is 9.10. The molecule has 0 aliphatic carbocycles. The van der Waals surface area contributed by atoms with E-state index in [4.69, 9.17) is 4.74 Å². The number of aryl methyl sites for hydroxylation is 1. The summed E-state index contributed by atoms with van der Waals surface area (Å²) in [6.45, 7) is 6.96. The van der Waals surface area contributed by atoms with Gasteiger partial charge in [0.1, 0.15) is 0 Å². The molecule has 1 aliphatic rings. The van der Waals surface area contributed by atoms with Crippen LogP contribution in [0.5, 0.6) is 0 Å². The van der Waals surface area contributed by atoms with Crippen molar-refractivity contribution < 1.29 is 4.74 Å². The van der Waals surface area contributed by atoms with Crippen LogP contribution in [0, 0.1) is 6.92 Å². The third-order valence-corrected chi connectivity index (χ3v) is 4.27. The van der Waals surface area contributed by atoms with Gasteiger partial charge in [-0.15, -0.1) is 0 Å². The lowest BCUT2D eigenvalue weighted by Crippen LogP contribution is -2.37. The van der Waals surface area contributed by atoms with Crippen LogP contribution in [0.15, 0.2) is 39.9 Å². The number of hydrogen-bond donors (Lipinski definition) is 1. The van der Waals surface area contributed by atoms with Gasteiger partial charge in [-0.2, -0.15) is 10.1 Å². The molecule has 1 aromatic carbocycles. The molecule has 1 N–H and O–H groups in total. The van der Waals surface area contributed by atoms with Crippen LogP contribution in [0.25, 0.3) is 0 Å².